The molecule has 2 aromatic rings. The lowest BCUT2D eigenvalue weighted by molar-refractivity contribution is 0.789. The molecule has 2 rings (SSSR count). The van der Waals surface area contributed by atoms with Crippen LogP contribution in [0.4, 0.5) is 5.82 Å². The van der Waals surface area contributed by atoms with Crippen LogP contribution < -0.4 is 5.32 Å². The van der Waals surface area contributed by atoms with Crippen molar-refractivity contribution in [2.45, 2.75) is 32.7 Å². The van der Waals surface area contributed by atoms with E-state index < -0.39 is 0 Å². The zero-order chi connectivity index (χ0) is 13.0. The molecular weight excluding hydrogens is 266 g/mol. The molecule has 0 amide bonds. The van der Waals surface area contributed by atoms with Crippen molar-refractivity contribution >= 4 is 28.8 Å². The Morgan fingerprint density at radius 3 is 2.94 bits per heavy atom. The molecule has 0 aliphatic heterocycles. The molecule has 1 atom stereocenters. The van der Waals surface area contributed by atoms with E-state index in [1.807, 2.05) is 0 Å². The van der Waals surface area contributed by atoms with Gasteiger partial charge in [-0.2, -0.15) is 0 Å². The highest BCUT2D eigenvalue weighted by Crippen LogP contribution is 2.21. The number of hydrogen-bond donors (Lipinski definition) is 1. The Bertz CT molecular complexity index is 499. The number of thiophene rings is 1. The van der Waals surface area contributed by atoms with Crippen LogP contribution in [-0.4, -0.2) is 16.0 Å². The average molecular weight is 282 g/mol. The topological polar surface area (TPSA) is 37.8 Å². The Hall–Kier alpha value is -1.13. The van der Waals surface area contributed by atoms with Gasteiger partial charge in [-0.1, -0.05) is 24.6 Å². The van der Waals surface area contributed by atoms with Crippen molar-refractivity contribution in [3.8, 4) is 0 Å². The summed E-state index contributed by atoms with van der Waals surface area (Å²) in [6.07, 6.45) is 3.32. The van der Waals surface area contributed by atoms with Gasteiger partial charge in [-0.25, -0.2) is 9.97 Å². The Morgan fingerprint density at radius 2 is 2.28 bits per heavy atom. The van der Waals surface area contributed by atoms with E-state index in [2.05, 4.69) is 46.6 Å². The van der Waals surface area contributed by atoms with E-state index >= 15 is 0 Å². The monoisotopic (exact) mass is 281 g/mol. The fraction of sp³-hybridized carbons (Fsp3) is 0.385. The molecule has 2 aromatic heterocycles. The lowest BCUT2D eigenvalue weighted by atomic mass is 10.2. The van der Waals surface area contributed by atoms with Gasteiger partial charge < -0.3 is 5.32 Å². The zero-order valence-electron chi connectivity index (χ0n) is 10.5. The first-order chi connectivity index (χ1) is 8.70. The lowest BCUT2D eigenvalue weighted by Gasteiger charge is -2.16. The second-order valence-electron chi connectivity index (χ2n) is 4.17. The molecule has 0 aromatic carbocycles. The summed E-state index contributed by atoms with van der Waals surface area (Å²) in [4.78, 5) is 9.66. The van der Waals surface area contributed by atoms with Crippen molar-refractivity contribution in [1.82, 2.24) is 9.97 Å². The van der Waals surface area contributed by atoms with E-state index in [4.69, 9.17) is 11.6 Å². The fourth-order valence-electron chi connectivity index (χ4n) is 1.84. The molecule has 0 spiro atoms. The number of nitrogens with one attached hydrogen (secondary N) is 1. The van der Waals surface area contributed by atoms with E-state index in [9.17, 15) is 0 Å². The molecule has 1 unspecified atom stereocenters. The molecule has 0 bridgehead atoms. The Morgan fingerprint density at radius 1 is 1.44 bits per heavy atom. The van der Waals surface area contributed by atoms with Gasteiger partial charge in [0.2, 0.25) is 0 Å². The van der Waals surface area contributed by atoms with Gasteiger partial charge in [-0.3, -0.25) is 0 Å². The van der Waals surface area contributed by atoms with Crippen LogP contribution in [0.2, 0.25) is 5.15 Å². The summed E-state index contributed by atoms with van der Waals surface area (Å²) in [5, 5.41) is 6.05. The molecule has 3 nitrogen and oxygen atoms in total. The van der Waals surface area contributed by atoms with E-state index in [0.717, 1.165) is 24.2 Å². The average Bonchev–Trinajstić information content (AvgIpc) is 2.82. The first-order valence-electron chi connectivity index (χ1n) is 5.99. The first kappa shape index (κ1) is 13.3. The van der Waals surface area contributed by atoms with Crippen molar-refractivity contribution in [3.05, 3.63) is 39.4 Å². The van der Waals surface area contributed by atoms with Crippen LogP contribution in [-0.2, 0) is 12.8 Å². The van der Waals surface area contributed by atoms with Crippen LogP contribution in [0.25, 0.3) is 0 Å². The second-order valence-corrected chi connectivity index (χ2v) is 5.56. The third kappa shape index (κ3) is 3.21. The molecule has 18 heavy (non-hydrogen) atoms. The second kappa shape index (κ2) is 6.16. The van der Waals surface area contributed by atoms with E-state index in [1.54, 1.807) is 11.3 Å². The minimum atomic E-state index is 0.319. The third-order valence-corrected chi connectivity index (χ3v) is 3.94. The van der Waals surface area contributed by atoms with Crippen molar-refractivity contribution in [3.63, 3.8) is 0 Å². The summed E-state index contributed by atoms with van der Waals surface area (Å²) in [6, 6.07) is 4.54. The lowest BCUT2D eigenvalue weighted by Crippen LogP contribution is -2.19. The largest absolute Gasteiger partial charge is 0.367 e. The minimum Gasteiger partial charge on any atom is -0.367 e. The number of aromatic nitrogens is 2. The Balaban J connectivity index is 2.07. The van der Waals surface area contributed by atoms with Crippen molar-refractivity contribution < 1.29 is 0 Å². The maximum absolute atomic E-state index is 6.07. The number of hydrogen-bond acceptors (Lipinski definition) is 4. The molecule has 0 aliphatic carbocycles. The van der Waals surface area contributed by atoms with E-state index in [0.29, 0.717) is 11.2 Å². The molecule has 0 radical (unpaired) electrons. The first-order valence-corrected chi connectivity index (χ1v) is 7.24. The minimum absolute atomic E-state index is 0.319. The summed E-state index contributed by atoms with van der Waals surface area (Å²) in [5.74, 6) is 0.849. The quantitative estimate of drug-likeness (QED) is 0.847. The van der Waals surface area contributed by atoms with Gasteiger partial charge >= 0.3 is 0 Å². The molecule has 0 saturated carbocycles. The normalized spacial score (nSPS) is 12.4. The summed E-state index contributed by atoms with van der Waals surface area (Å²) in [7, 11) is 0. The van der Waals surface area contributed by atoms with Crippen LogP contribution >= 0.6 is 22.9 Å². The molecule has 0 aliphatic rings. The maximum atomic E-state index is 6.07. The molecule has 0 saturated heterocycles. The van der Waals surface area contributed by atoms with Gasteiger partial charge in [-0.15, -0.1) is 11.3 Å². The zero-order valence-corrected chi connectivity index (χ0v) is 12.1. The summed E-state index contributed by atoms with van der Waals surface area (Å²) >= 11 is 7.84. The highest BCUT2D eigenvalue weighted by molar-refractivity contribution is 7.09. The van der Waals surface area contributed by atoms with E-state index in [1.165, 1.54) is 11.2 Å². The van der Waals surface area contributed by atoms with Gasteiger partial charge in [0, 0.05) is 22.9 Å². The number of anilines is 1. The smallest absolute Gasteiger partial charge is 0.137 e. The van der Waals surface area contributed by atoms with Crippen LogP contribution in [0.15, 0.2) is 23.8 Å². The molecule has 0 fully saturated rings. The highest BCUT2D eigenvalue weighted by atomic mass is 35.5. The van der Waals surface area contributed by atoms with Crippen LogP contribution in [0.5, 0.6) is 0 Å². The van der Waals surface area contributed by atoms with Crippen molar-refractivity contribution in [2.75, 3.05) is 5.32 Å². The van der Waals surface area contributed by atoms with Gasteiger partial charge in [0.1, 0.15) is 17.3 Å². The summed E-state index contributed by atoms with van der Waals surface area (Å²) in [6.45, 7) is 4.20. The van der Waals surface area contributed by atoms with Gasteiger partial charge in [0.25, 0.3) is 0 Å². The van der Waals surface area contributed by atoms with Crippen LogP contribution in [0, 0.1) is 0 Å². The molecule has 1 N–H and O–H groups in total. The van der Waals surface area contributed by atoms with Gasteiger partial charge in [0.15, 0.2) is 0 Å². The number of nitrogens with zero attached hydrogens (tertiary/aromatic N) is 2. The highest BCUT2D eigenvalue weighted by Gasteiger charge is 2.11. The summed E-state index contributed by atoms with van der Waals surface area (Å²) in [5.41, 5.74) is 0.984. The maximum Gasteiger partial charge on any atom is 0.137 e. The predicted molar refractivity (Wildman–Crippen MR) is 77.5 cm³/mol. The van der Waals surface area contributed by atoms with Crippen LogP contribution in [0.1, 0.15) is 24.3 Å². The molecule has 2 heterocycles. The standard InChI is InChI=1S/C13H16ClN3S/c1-3-11-12(14)15-8-16-13(11)17-9(2)7-10-5-4-6-18-10/h4-6,8-9H,3,7H2,1-2H3,(H,15,16,17). The van der Waals surface area contributed by atoms with Gasteiger partial charge in [0.05, 0.1) is 0 Å². The molecular formula is C13H16ClN3S. The Labute approximate surface area is 116 Å². The van der Waals surface area contributed by atoms with Crippen LogP contribution in [0.3, 0.4) is 0 Å². The third-order valence-electron chi connectivity index (χ3n) is 2.72. The predicted octanol–water partition coefficient (Wildman–Crippen LogP) is 3.80. The SMILES string of the molecule is CCc1c(Cl)ncnc1NC(C)Cc1cccs1. The molecule has 5 heteroatoms. The number of rotatable bonds is 5. The van der Waals surface area contributed by atoms with E-state index in [-0.39, 0.29) is 0 Å². The Kier molecular flexibility index (Phi) is 4.55. The van der Waals surface area contributed by atoms with Crippen molar-refractivity contribution in [1.29, 1.82) is 0 Å². The number of halogens is 1. The van der Waals surface area contributed by atoms with Gasteiger partial charge in [-0.05, 0) is 24.8 Å². The molecule has 96 valence electrons. The fourth-order valence-corrected chi connectivity index (χ4v) is 2.95. The van der Waals surface area contributed by atoms with Crippen molar-refractivity contribution in [2.24, 2.45) is 0 Å². The summed E-state index contributed by atoms with van der Waals surface area (Å²) < 4.78 is 0.